The van der Waals surface area contributed by atoms with Gasteiger partial charge in [-0.15, -0.1) is 13.2 Å². The van der Waals surface area contributed by atoms with Crippen molar-refractivity contribution < 1.29 is 36.9 Å². The molecule has 0 spiro atoms. The maximum Gasteiger partial charge on any atom is 0.573 e. The summed E-state index contributed by atoms with van der Waals surface area (Å²) in [6.45, 7) is 2.69. The van der Waals surface area contributed by atoms with Crippen LogP contribution in [0.5, 0.6) is 5.75 Å². The van der Waals surface area contributed by atoms with Gasteiger partial charge in [0.15, 0.2) is 17.2 Å². The normalized spacial score (nSPS) is 13.2. The van der Waals surface area contributed by atoms with E-state index in [0.717, 1.165) is 22.7 Å². The lowest BCUT2D eigenvalue weighted by molar-refractivity contribution is -0.275. The molecule has 2 heterocycles. The summed E-state index contributed by atoms with van der Waals surface area (Å²) in [5.74, 6) is -3.15. The largest absolute Gasteiger partial charge is 0.573 e. The highest BCUT2D eigenvalue weighted by Gasteiger charge is 2.35. The third-order valence-corrected chi connectivity index (χ3v) is 4.85. The van der Waals surface area contributed by atoms with Gasteiger partial charge in [0.1, 0.15) is 5.56 Å². The van der Waals surface area contributed by atoms with Gasteiger partial charge in [-0.05, 0) is 31.5 Å². The summed E-state index contributed by atoms with van der Waals surface area (Å²) in [6.07, 6.45) is -3.74. The standard InChI is InChI=1S/C21H22F4N4O5/c1-20(2,32)17(11-5-6-15(14(22)7-11)34-21(23,24)25)27-19(31)13-9-28(3)29-16(30)8-12(10-33-4)26-18(13)29/h5-9,17,32H,10H2,1-4H3,(H,27,31). The Morgan fingerprint density at radius 1 is 1.26 bits per heavy atom. The minimum atomic E-state index is -5.09. The number of fused-ring (bicyclic) bond motifs is 1. The predicted octanol–water partition coefficient (Wildman–Crippen LogP) is 2.46. The highest BCUT2D eigenvalue weighted by Crippen LogP contribution is 2.31. The average molecular weight is 486 g/mol. The van der Waals surface area contributed by atoms with Crippen LogP contribution in [0.4, 0.5) is 17.6 Å². The number of hydrogen-bond donors (Lipinski definition) is 2. The van der Waals surface area contributed by atoms with E-state index < -0.39 is 41.0 Å². The molecule has 0 saturated heterocycles. The Hall–Kier alpha value is -3.45. The van der Waals surface area contributed by atoms with Crippen molar-refractivity contribution in [1.29, 1.82) is 0 Å². The molecule has 2 N–H and O–H groups in total. The zero-order chi connectivity index (χ0) is 25.4. The van der Waals surface area contributed by atoms with Crippen molar-refractivity contribution in [2.75, 3.05) is 7.11 Å². The molecular weight excluding hydrogens is 464 g/mol. The Kier molecular flexibility index (Phi) is 6.71. The van der Waals surface area contributed by atoms with Gasteiger partial charge < -0.3 is 19.9 Å². The number of nitrogens with one attached hydrogen (secondary N) is 1. The van der Waals surface area contributed by atoms with E-state index in [1.54, 1.807) is 0 Å². The molecule has 1 amide bonds. The van der Waals surface area contributed by atoms with Crippen LogP contribution in [0.3, 0.4) is 0 Å². The number of aromatic nitrogens is 3. The van der Waals surface area contributed by atoms with Gasteiger partial charge in [-0.2, -0.15) is 4.52 Å². The number of methoxy groups -OCH3 is 1. The zero-order valence-electron chi connectivity index (χ0n) is 18.6. The van der Waals surface area contributed by atoms with Gasteiger partial charge in [-0.25, -0.2) is 9.37 Å². The van der Waals surface area contributed by atoms with E-state index in [1.165, 1.54) is 44.9 Å². The molecule has 184 valence electrons. The van der Waals surface area contributed by atoms with E-state index in [9.17, 15) is 32.3 Å². The number of aliphatic hydroxyl groups is 1. The second kappa shape index (κ2) is 9.06. The molecule has 13 heteroatoms. The van der Waals surface area contributed by atoms with Crippen LogP contribution in [0.2, 0.25) is 0 Å². The Labute approximate surface area is 190 Å². The highest BCUT2D eigenvalue weighted by atomic mass is 19.4. The van der Waals surface area contributed by atoms with Gasteiger partial charge in [0.25, 0.3) is 11.5 Å². The van der Waals surface area contributed by atoms with Gasteiger partial charge in [0, 0.05) is 26.4 Å². The molecule has 0 fully saturated rings. The fourth-order valence-electron chi connectivity index (χ4n) is 3.47. The van der Waals surface area contributed by atoms with E-state index in [2.05, 4.69) is 15.0 Å². The van der Waals surface area contributed by atoms with Crippen molar-refractivity contribution in [2.24, 2.45) is 7.05 Å². The molecule has 9 nitrogen and oxygen atoms in total. The van der Waals surface area contributed by atoms with Crippen LogP contribution in [-0.2, 0) is 18.4 Å². The molecule has 0 radical (unpaired) electrons. The van der Waals surface area contributed by atoms with Crippen LogP contribution in [-0.4, -0.2) is 44.3 Å². The monoisotopic (exact) mass is 486 g/mol. The highest BCUT2D eigenvalue weighted by molar-refractivity contribution is 6.00. The van der Waals surface area contributed by atoms with E-state index in [1.807, 2.05) is 0 Å². The average Bonchev–Trinajstić information content (AvgIpc) is 3.03. The number of benzene rings is 1. The predicted molar refractivity (Wildman–Crippen MR) is 111 cm³/mol. The summed E-state index contributed by atoms with van der Waals surface area (Å²) in [7, 11) is 2.94. The van der Waals surface area contributed by atoms with Crippen molar-refractivity contribution in [3.63, 3.8) is 0 Å². The summed E-state index contributed by atoms with van der Waals surface area (Å²) in [6, 6.07) is 2.58. The number of ether oxygens (including phenoxy) is 2. The molecule has 2 aromatic heterocycles. The molecule has 3 aromatic rings. The van der Waals surface area contributed by atoms with Gasteiger partial charge in [-0.1, -0.05) is 6.07 Å². The third kappa shape index (κ3) is 5.37. The van der Waals surface area contributed by atoms with Gasteiger partial charge in [-0.3, -0.25) is 14.3 Å². The molecule has 1 unspecified atom stereocenters. The maximum absolute atomic E-state index is 14.3. The first kappa shape index (κ1) is 25.2. The minimum Gasteiger partial charge on any atom is -0.403 e. The molecule has 1 aromatic carbocycles. The summed E-state index contributed by atoms with van der Waals surface area (Å²) in [4.78, 5) is 29.9. The number of halogens is 4. The number of amides is 1. The van der Waals surface area contributed by atoms with E-state index >= 15 is 0 Å². The van der Waals surface area contributed by atoms with Crippen molar-refractivity contribution in [2.45, 2.75) is 38.5 Å². The second-order valence-corrected chi connectivity index (χ2v) is 8.07. The number of carbonyl (C=O) groups is 1. The maximum atomic E-state index is 14.3. The van der Waals surface area contributed by atoms with Crippen molar-refractivity contribution >= 4 is 11.6 Å². The third-order valence-electron chi connectivity index (χ3n) is 4.85. The first-order valence-electron chi connectivity index (χ1n) is 9.87. The van der Waals surface area contributed by atoms with Gasteiger partial charge in [0.2, 0.25) is 0 Å². The van der Waals surface area contributed by atoms with E-state index in [-0.39, 0.29) is 29.1 Å². The quantitative estimate of drug-likeness (QED) is 0.497. The van der Waals surface area contributed by atoms with Crippen LogP contribution in [0.15, 0.2) is 35.3 Å². The summed E-state index contributed by atoms with van der Waals surface area (Å²) in [5.41, 5.74) is -1.85. The topological polar surface area (TPSA) is 107 Å². The molecule has 0 bridgehead atoms. The van der Waals surface area contributed by atoms with Crippen LogP contribution in [0, 0.1) is 5.82 Å². The number of alkyl halides is 3. The molecule has 1 atom stereocenters. The smallest absolute Gasteiger partial charge is 0.403 e. The lowest BCUT2D eigenvalue weighted by Gasteiger charge is -2.30. The Balaban J connectivity index is 2.00. The summed E-state index contributed by atoms with van der Waals surface area (Å²) in [5, 5.41) is 13.2. The molecule has 34 heavy (non-hydrogen) atoms. The first-order valence-corrected chi connectivity index (χ1v) is 9.87. The van der Waals surface area contributed by atoms with E-state index in [4.69, 9.17) is 4.74 Å². The first-order chi connectivity index (χ1) is 15.7. The van der Waals surface area contributed by atoms with Crippen molar-refractivity contribution in [3.05, 3.63) is 63.5 Å². The number of carbonyl (C=O) groups excluding carboxylic acids is 1. The van der Waals surface area contributed by atoms with Crippen LogP contribution >= 0.6 is 0 Å². The summed E-state index contributed by atoms with van der Waals surface area (Å²) < 4.78 is 62.7. The number of hydrogen-bond acceptors (Lipinski definition) is 6. The lowest BCUT2D eigenvalue weighted by atomic mass is 9.91. The molecule has 0 aliphatic heterocycles. The molecule has 0 saturated carbocycles. The summed E-state index contributed by atoms with van der Waals surface area (Å²) >= 11 is 0. The zero-order valence-corrected chi connectivity index (χ0v) is 18.6. The number of nitrogens with zero attached hydrogens (tertiary/aromatic N) is 3. The van der Waals surface area contributed by atoms with Gasteiger partial charge >= 0.3 is 6.36 Å². The Morgan fingerprint density at radius 3 is 2.50 bits per heavy atom. The van der Waals surface area contributed by atoms with Crippen LogP contribution in [0.25, 0.3) is 5.65 Å². The molecule has 0 aliphatic rings. The van der Waals surface area contributed by atoms with Crippen molar-refractivity contribution in [3.8, 4) is 5.75 Å². The number of aryl methyl sites for hydroxylation is 1. The SMILES string of the molecule is COCc1cc(=O)n2c(n1)c(C(=O)NC(c1ccc(OC(F)(F)F)c(F)c1)C(C)(C)O)cn2C. The molecular formula is C21H22F4N4O5. The van der Waals surface area contributed by atoms with Crippen molar-refractivity contribution in [1.82, 2.24) is 19.5 Å². The van der Waals surface area contributed by atoms with E-state index in [0.29, 0.717) is 0 Å². The Bertz CT molecular complexity index is 1280. The Morgan fingerprint density at radius 2 is 1.94 bits per heavy atom. The lowest BCUT2D eigenvalue weighted by Crippen LogP contribution is -2.42. The van der Waals surface area contributed by atoms with Gasteiger partial charge in [0.05, 0.1) is 23.9 Å². The fraction of sp³-hybridized carbons (Fsp3) is 0.381. The fourth-order valence-corrected chi connectivity index (χ4v) is 3.47. The molecule has 0 aliphatic carbocycles. The van der Waals surface area contributed by atoms with Crippen LogP contribution in [0.1, 0.15) is 41.5 Å². The minimum absolute atomic E-state index is 0.0155. The molecule has 3 rings (SSSR count). The number of rotatable bonds is 7. The second-order valence-electron chi connectivity index (χ2n) is 8.07. The van der Waals surface area contributed by atoms with Crippen LogP contribution < -0.4 is 15.6 Å².